The van der Waals surface area contributed by atoms with Gasteiger partial charge in [0.25, 0.3) is 5.91 Å². The van der Waals surface area contributed by atoms with Crippen LogP contribution in [0.2, 0.25) is 0 Å². The third-order valence-electron chi connectivity index (χ3n) is 7.42. The van der Waals surface area contributed by atoms with E-state index in [4.69, 9.17) is 5.73 Å². The number of hydrogen-bond acceptors (Lipinski definition) is 9. The van der Waals surface area contributed by atoms with Crippen molar-refractivity contribution in [1.82, 2.24) is 9.88 Å². The number of nitrogens with two attached hydrogens (primary N) is 1. The van der Waals surface area contributed by atoms with Crippen molar-refractivity contribution >= 4 is 39.2 Å². The molecule has 1 aromatic carbocycles. The summed E-state index contributed by atoms with van der Waals surface area (Å²) in [4.78, 5) is 44.4. The molecule has 2 aliphatic rings. The Morgan fingerprint density at radius 1 is 1.13 bits per heavy atom. The molecule has 0 bridgehead atoms. The van der Waals surface area contributed by atoms with Crippen molar-refractivity contribution in [2.45, 2.75) is 31.7 Å². The number of halogens is 1. The van der Waals surface area contributed by atoms with Crippen molar-refractivity contribution in [3.63, 3.8) is 0 Å². The number of phenols is 1. The van der Waals surface area contributed by atoms with Gasteiger partial charge in [-0.3, -0.25) is 24.3 Å². The summed E-state index contributed by atoms with van der Waals surface area (Å²) >= 11 is 3.41. The first kappa shape index (κ1) is 28.5. The molecule has 0 fully saturated rings. The third-order valence-corrected chi connectivity index (χ3v) is 7.86. The van der Waals surface area contributed by atoms with E-state index in [1.54, 1.807) is 37.5 Å². The van der Waals surface area contributed by atoms with Gasteiger partial charge >= 0.3 is 0 Å². The zero-order chi connectivity index (χ0) is 28.6. The van der Waals surface area contributed by atoms with Gasteiger partial charge in [-0.05, 0) is 72.0 Å². The van der Waals surface area contributed by atoms with E-state index in [2.05, 4.69) is 20.9 Å². The minimum Gasteiger partial charge on any atom is -0.510 e. The second kappa shape index (κ2) is 11.3. The van der Waals surface area contributed by atoms with E-state index in [9.17, 15) is 34.8 Å². The average Bonchev–Trinajstić information content (AvgIpc) is 2.87. The summed E-state index contributed by atoms with van der Waals surface area (Å²) in [6.07, 6.45) is 2.84. The van der Waals surface area contributed by atoms with Gasteiger partial charge in [-0.15, -0.1) is 0 Å². The molecule has 0 aliphatic heterocycles. The lowest BCUT2D eigenvalue weighted by Crippen LogP contribution is -2.42. The smallest absolute Gasteiger partial charge is 0.255 e. The first-order valence-corrected chi connectivity index (χ1v) is 13.2. The molecule has 4 rings (SSSR count). The molecule has 1 aromatic heterocycles. The van der Waals surface area contributed by atoms with Crippen LogP contribution in [0, 0.1) is 11.8 Å². The molecule has 0 radical (unpaired) electrons. The Bertz CT molecular complexity index is 1420. The van der Waals surface area contributed by atoms with Crippen LogP contribution in [0.4, 0.5) is 0 Å². The number of aliphatic hydroxyl groups excluding tert-OH is 3. The first-order valence-electron chi connectivity index (χ1n) is 12.4. The number of Topliss-reactive ketones (excluding diaryl/α,β-unsaturated/α-hetero) is 2. The highest BCUT2D eigenvalue weighted by molar-refractivity contribution is 9.10. The minimum atomic E-state index is -1.13. The van der Waals surface area contributed by atoms with Gasteiger partial charge in [0, 0.05) is 53.4 Å². The highest BCUT2D eigenvalue weighted by Crippen LogP contribution is 2.46. The van der Waals surface area contributed by atoms with E-state index in [0.29, 0.717) is 11.1 Å². The quantitative estimate of drug-likeness (QED) is 0.331. The van der Waals surface area contributed by atoms with Gasteiger partial charge in [-0.2, -0.15) is 0 Å². The van der Waals surface area contributed by atoms with Crippen LogP contribution in [0.5, 0.6) is 5.75 Å². The van der Waals surface area contributed by atoms with Gasteiger partial charge in [0.2, 0.25) is 0 Å². The molecule has 0 unspecified atom stereocenters. The Balaban J connectivity index is 1.93. The van der Waals surface area contributed by atoms with Crippen LogP contribution in [-0.2, 0) is 20.8 Å². The maximum absolute atomic E-state index is 13.5. The number of aromatic hydroxyl groups is 1. The van der Waals surface area contributed by atoms with E-state index < -0.39 is 65.5 Å². The molecule has 10 nitrogen and oxygen atoms in total. The van der Waals surface area contributed by atoms with Gasteiger partial charge in [-0.1, -0.05) is 6.07 Å². The SMILES string of the molecule is CN(C)[C@@H]1/C(O)=C(/C(N)=O)C(=O)CCC(=O)C2=C(O)c3c(O)ccc(-c4cncc(Br)c4)c3C[C@H]2C[C@@H]1CO. The summed E-state index contributed by atoms with van der Waals surface area (Å²) in [6.45, 7) is -0.457. The fourth-order valence-electron chi connectivity index (χ4n) is 5.78. The van der Waals surface area contributed by atoms with Crippen molar-refractivity contribution in [2.75, 3.05) is 20.7 Å². The topological polar surface area (TPSA) is 174 Å². The molecule has 3 atom stereocenters. The first-order chi connectivity index (χ1) is 18.5. The number of ketones is 2. The van der Waals surface area contributed by atoms with Crippen LogP contribution in [0.25, 0.3) is 16.9 Å². The monoisotopic (exact) mass is 599 g/mol. The summed E-state index contributed by atoms with van der Waals surface area (Å²) in [5, 5.41) is 43.7. The third kappa shape index (κ3) is 5.34. The number of hydrogen-bond donors (Lipinski definition) is 5. The van der Waals surface area contributed by atoms with Crippen molar-refractivity contribution in [1.29, 1.82) is 0 Å². The second-order valence-electron chi connectivity index (χ2n) is 10.1. The minimum absolute atomic E-state index is 0.0353. The largest absolute Gasteiger partial charge is 0.510 e. The van der Waals surface area contributed by atoms with Crippen molar-refractivity contribution < 1.29 is 34.8 Å². The van der Waals surface area contributed by atoms with Crippen LogP contribution >= 0.6 is 15.9 Å². The zero-order valence-electron chi connectivity index (χ0n) is 21.5. The van der Waals surface area contributed by atoms with Crippen molar-refractivity contribution in [3.05, 3.63) is 63.1 Å². The molecule has 0 saturated carbocycles. The lowest BCUT2D eigenvalue weighted by Gasteiger charge is -2.36. The number of carbonyl (C=O) groups is 3. The van der Waals surface area contributed by atoms with Crippen LogP contribution in [-0.4, -0.2) is 74.5 Å². The number of aromatic nitrogens is 1. The molecule has 1 amide bonds. The van der Waals surface area contributed by atoms with Crippen molar-refractivity contribution in [2.24, 2.45) is 17.6 Å². The van der Waals surface area contributed by atoms with Crippen LogP contribution in [0.3, 0.4) is 0 Å². The standard InChI is InChI=1S/C28H30BrN3O7/c1-32(2)25-15(12-33)7-13-9-18-17(14-8-16(29)11-31-10-14)3-4-20(35)23(18)26(37)22(13)19(34)5-6-21(36)24(27(25)38)28(30)39/h3-4,8,10-11,13,15,25,33,35,37-38H,5-7,9,12H2,1-2H3,(H2,30,39)/b27-24-/t13-,15-,25+/m1/s1. The Kier molecular flexibility index (Phi) is 8.24. The van der Waals surface area contributed by atoms with Crippen LogP contribution in [0.1, 0.15) is 30.4 Å². The molecule has 0 spiro atoms. The highest BCUT2D eigenvalue weighted by Gasteiger charge is 2.40. The van der Waals surface area contributed by atoms with Crippen LogP contribution < -0.4 is 5.73 Å². The Hall–Kier alpha value is -3.54. The molecule has 6 N–H and O–H groups in total. The van der Waals surface area contributed by atoms with Gasteiger partial charge in [0.15, 0.2) is 11.6 Å². The fourth-order valence-corrected chi connectivity index (χ4v) is 6.14. The number of allylic oxidation sites excluding steroid dienone is 1. The highest BCUT2D eigenvalue weighted by atomic mass is 79.9. The summed E-state index contributed by atoms with van der Waals surface area (Å²) < 4.78 is 0.731. The van der Waals surface area contributed by atoms with Gasteiger partial charge in [-0.25, -0.2) is 0 Å². The van der Waals surface area contributed by atoms with E-state index in [1.807, 2.05) is 6.07 Å². The molecule has 206 valence electrons. The summed E-state index contributed by atoms with van der Waals surface area (Å²) in [5.41, 5.74) is 7.02. The van der Waals surface area contributed by atoms with Gasteiger partial charge in [0.05, 0.1) is 11.6 Å². The summed E-state index contributed by atoms with van der Waals surface area (Å²) in [7, 11) is 3.25. The zero-order valence-corrected chi connectivity index (χ0v) is 23.1. The molecular weight excluding hydrogens is 570 g/mol. The molecule has 39 heavy (non-hydrogen) atoms. The van der Waals surface area contributed by atoms with Gasteiger partial charge < -0.3 is 26.2 Å². The molecule has 11 heteroatoms. The molecule has 2 aliphatic carbocycles. The van der Waals surface area contributed by atoms with Crippen molar-refractivity contribution in [3.8, 4) is 16.9 Å². The number of benzene rings is 1. The van der Waals surface area contributed by atoms with E-state index in [-0.39, 0.29) is 36.1 Å². The molecular formula is C28H30BrN3O7. The predicted molar refractivity (Wildman–Crippen MR) is 147 cm³/mol. The number of primary amides is 1. The molecule has 2 aromatic rings. The molecule has 0 saturated heterocycles. The van der Waals surface area contributed by atoms with E-state index >= 15 is 0 Å². The number of phenolic OH excluding ortho intramolecular Hbond substituents is 1. The average molecular weight is 600 g/mol. The number of pyridine rings is 1. The number of aliphatic hydroxyl groups is 3. The van der Waals surface area contributed by atoms with E-state index in [1.165, 1.54) is 6.07 Å². The maximum atomic E-state index is 13.5. The van der Waals surface area contributed by atoms with E-state index in [0.717, 1.165) is 10.0 Å². The number of rotatable bonds is 4. The Labute approximate surface area is 233 Å². The van der Waals surface area contributed by atoms with Crippen LogP contribution in [0.15, 0.2) is 52.0 Å². The lowest BCUT2D eigenvalue weighted by atomic mass is 9.73. The number of carbonyl (C=O) groups excluding carboxylic acids is 3. The predicted octanol–water partition coefficient (Wildman–Crippen LogP) is 2.82. The maximum Gasteiger partial charge on any atom is 0.255 e. The summed E-state index contributed by atoms with van der Waals surface area (Å²) in [5.74, 6) is -5.02. The number of amides is 1. The molecule has 1 heterocycles. The Morgan fingerprint density at radius 2 is 1.82 bits per heavy atom. The number of likely N-dealkylation sites (N-methyl/N-ethyl adjacent to an activating group) is 1. The fraction of sp³-hybridized carbons (Fsp3) is 0.357. The summed E-state index contributed by atoms with van der Waals surface area (Å²) in [6, 6.07) is 4.01. The lowest BCUT2D eigenvalue weighted by molar-refractivity contribution is -0.123. The second-order valence-corrected chi connectivity index (χ2v) is 11.0. The Morgan fingerprint density at radius 3 is 2.44 bits per heavy atom. The normalized spacial score (nSPS) is 24.3. The number of nitrogens with zero attached hydrogens (tertiary/aromatic N) is 2. The van der Waals surface area contributed by atoms with Gasteiger partial charge in [0.1, 0.15) is 22.8 Å². The number of fused-ring (bicyclic) bond motifs is 2.